The average Bonchev–Trinajstić information content (AvgIpc) is 1.51. The zero-order chi connectivity index (χ0) is 79.8. The third-order valence-corrected chi connectivity index (χ3v) is 25.8. The van der Waals surface area contributed by atoms with Crippen LogP contribution in [-0.4, -0.2) is 0 Å². The molecule has 0 bridgehead atoms. The fourth-order valence-electron chi connectivity index (χ4n) is 19.7. The summed E-state index contributed by atoms with van der Waals surface area (Å²) in [5, 5.41) is 7.39. The van der Waals surface area contributed by atoms with Crippen LogP contribution >= 0.6 is 0 Å². The molecule has 2 nitrogen and oxygen atoms in total. The summed E-state index contributed by atoms with van der Waals surface area (Å²) in [6.07, 6.45) is 0. The van der Waals surface area contributed by atoms with Crippen molar-refractivity contribution in [2.24, 2.45) is 0 Å². The van der Waals surface area contributed by atoms with Crippen LogP contribution in [0.25, 0.3) is 144 Å². The second-order valence-electron chi connectivity index (χ2n) is 32.5. The quantitative estimate of drug-likeness (QED) is 0.0951. The summed E-state index contributed by atoms with van der Waals surface area (Å²) in [4.78, 5) is 4.86. The van der Waals surface area contributed by atoms with E-state index in [1.54, 1.807) is 0 Å². The highest BCUT2D eigenvalue weighted by Gasteiger charge is 2.43. The predicted octanol–water partition coefficient (Wildman–Crippen LogP) is 32.1. The Hall–Kier alpha value is -15.2. The molecule has 20 aromatic carbocycles. The first kappa shape index (κ1) is 71.3. The molecule has 0 saturated carbocycles. The van der Waals surface area contributed by atoms with Crippen LogP contribution in [-0.2, 0) is 10.8 Å². The maximum atomic E-state index is 2.45. The molecule has 0 heterocycles. The van der Waals surface area contributed by atoms with Crippen LogP contribution in [0.4, 0.5) is 34.1 Å². The average molecular weight is 1530 g/mol. The predicted molar refractivity (Wildman–Crippen MR) is 507 cm³/mol. The molecule has 0 N–H and O–H groups in total. The molecule has 0 aliphatic heterocycles. The third-order valence-electron chi connectivity index (χ3n) is 25.8. The van der Waals surface area contributed by atoms with Crippen molar-refractivity contribution < 1.29 is 0 Å². The van der Waals surface area contributed by atoms with Gasteiger partial charge in [0, 0.05) is 44.8 Å². The van der Waals surface area contributed by atoms with E-state index < -0.39 is 5.41 Å². The summed E-state index contributed by atoms with van der Waals surface area (Å²) in [7, 11) is 0. The number of rotatable bonds is 16. The van der Waals surface area contributed by atoms with Crippen LogP contribution in [0.1, 0.15) is 47.2 Å². The number of hydrogen-bond acceptors (Lipinski definition) is 2. The number of para-hydroxylation sites is 1. The summed E-state index contributed by atoms with van der Waals surface area (Å²) in [5.41, 5.74) is 37.6. The van der Waals surface area contributed by atoms with Gasteiger partial charge in [0.2, 0.25) is 0 Å². The number of benzene rings is 20. The molecule has 564 valence electrons. The van der Waals surface area contributed by atoms with Gasteiger partial charge in [0.25, 0.3) is 0 Å². The van der Waals surface area contributed by atoms with Crippen LogP contribution in [0.2, 0.25) is 0 Å². The minimum Gasteiger partial charge on any atom is -0.310 e. The monoisotopic (exact) mass is 1530 g/mol. The molecule has 0 amide bonds. The largest absolute Gasteiger partial charge is 0.310 e. The molecule has 0 spiro atoms. The van der Waals surface area contributed by atoms with E-state index in [9.17, 15) is 0 Å². The fourth-order valence-corrected chi connectivity index (χ4v) is 19.7. The van der Waals surface area contributed by atoms with Gasteiger partial charge in [-0.05, 0) is 264 Å². The highest BCUT2D eigenvalue weighted by atomic mass is 15.1. The van der Waals surface area contributed by atoms with Gasteiger partial charge in [0.1, 0.15) is 0 Å². The SMILES string of the molecule is CC1(c2ccccc2)c2ccccc2-c2c(-c3ccc(N(c4cccc(-c5ccc(-c6ccc7ccccc7c6)cc5)c4)c4ccccc4-c4ccc(-c5cccc(-c6ccc(C7(C)c8ccccc8-c8c(-c9cccc(N(c%10ccc(-c%11cccc%12ccccc%11%12)cc%10)c%10ccc%11ccccc%11c%10)c9)cccc87)cc6)c5)cc4)cc3)cccc21. The molecule has 20 aromatic rings. The highest BCUT2D eigenvalue weighted by Crippen LogP contribution is 2.58. The van der Waals surface area contributed by atoms with E-state index in [0.29, 0.717) is 0 Å². The van der Waals surface area contributed by atoms with E-state index in [2.05, 4.69) is 485 Å². The molecule has 2 unspecified atom stereocenters. The lowest BCUT2D eigenvalue weighted by molar-refractivity contribution is 0.714. The third kappa shape index (κ3) is 12.3. The highest BCUT2D eigenvalue weighted by molar-refractivity contribution is 6.01. The molecule has 22 rings (SSSR count). The summed E-state index contributed by atoms with van der Waals surface area (Å²) in [6, 6.07) is 171. The van der Waals surface area contributed by atoms with E-state index >= 15 is 0 Å². The Morgan fingerprint density at radius 3 is 1.12 bits per heavy atom. The van der Waals surface area contributed by atoms with Gasteiger partial charge in [-0.15, -0.1) is 0 Å². The molecule has 0 radical (unpaired) electrons. The Morgan fingerprint density at radius 1 is 0.167 bits per heavy atom. The van der Waals surface area contributed by atoms with E-state index in [4.69, 9.17) is 0 Å². The van der Waals surface area contributed by atoms with Crippen LogP contribution < -0.4 is 9.80 Å². The lowest BCUT2D eigenvalue weighted by Crippen LogP contribution is -2.22. The van der Waals surface area contributed by atoms with Crippen LogP contribution in [0, 0.1) is 0 Å². The summed E-state index contributed by atoms with van der Waals surface area (Å²) in [5.74, 6) is 0. The van der Waals surface area contributed by atoms with Gasteiger partial charge in [-0.25, -0.2) is 0 Å². The van der Waals surface area contributed by atoms with Crippen LogP contribution in [0.5, 0.6) is 0 Å². The van der Waals surface area contributed by atoms with Crippen molar-refractivity contribution in [3.63, 3.8) is 0 Å². The molecule has 0 aromatic heterocycles. The fraction of sp³-hybridized carbons (Fsp3) is 0.0339. The zero-order valence-electron chi connectivity index (χ0n) is 66.8. The number of fused-ring (bicyclic) bond motifs is 9. The van der Waals surface area contributed by atoms with Crippen molar-refractivity contribution in [2.45, 2.75) is 24.7 Å². The van der Waals surface area contributed by atoms with E-state index in [0.717, 1.165) is 67.5 Å². The van der Waals surface area contributed by atoms with Crippen molar-refractivity contribution >= 4 is 66.4 Å². The molecule has 2 aliphatic carbocycles. The Bertz CT molecular complexity index is 7340. The smallest absolute Gasteiger partial charge is 0.0540 e. The van der Waals surface area contributed by atoms with Gasteiger partial charge in [0.15, 0.2) is 0 Å². The van der Waals surface area contributed by atoms with Crippen molar-refractivity contribution in [1.82, 2.24) is 0 Å². The van der Waals surface area contributed by atoms with Gasteiger partial charge in [-0.2, -0.15) is 0 Å². The van der Waals surface area contributed by atoms with Gasteiger partial charge in [-0.3, -0.25) is 0 Å². The number of hydrogen-bond donors (Lipinski definition) is 0. The van der Waals surface area contributed by atoms with Gasteiger partial charge in [0.05, 0.1) is 5.69 Å². The Labute approximate surface area is 701 Å². The molecule has 0 saturated heterocycles. The summed E-state index contributed by atoms with van der Waals surface area (Å²) < 4.78 is 0. The van der Waals surface area contributed by atoms with Crippen molar-refractivity contribution in [3.05, 3.63) is 494 Å². The normalized spacial score (nSPS) is 14.3. The molecule has 120 heavy (non-hydrogen) atoms. The molecule has 2 aliphatic rings. The van der Waals surface area contributed by atoms with Gasteiger partial charge >= 0.3 is 0 Å². The molecular formula is C118H82N2. The lowest BCUT2D eigenvalue weighted by atomic mass is 9.74. The Balaban J connectivity index is 0.571. The van der Waals surface area contributed by atoms with Gasteiger partial charge in [-0.1, -0.05) is 382 Å². The molecule has 2 heteroatoms. The second kappa shape index (κ2) is 29.5. The zero-order valence-corrected chi connectivity index (χ0v) is 66.8. The Kier molecular flexibility index (Phi) is 17.5. The van der Waals surface area contributed by atoms with Gasteiger partial charge < -0.3 is 9.80 Å². The standard InChI is InChI=1S/C118H82N2/c1-117(96-34-4-3-5-35-96)110-45-15-12-40-108(110)115-106(43-22-47-112(115)117)88-65-71-99(72-66-88)120(101-37-19-32-93(76-101)82-50-52-83(53-51-82)94-59-56-79-24-6-8-27-89(79)75-94)114-49-17-14-39-105(114)87-57-54-81(55-58-87)90-30-18-31-91(74-90)84-60-67-97(68-61-84)118(2)111-46-16-13-41-109(111)116-107(44-23-48-113(116)118)95-33-20-36-100(78-95)119(102-73-62-80-25-7-9-28-92(80)77-102)98-69-63-86(64-70-98)104-42-21-29-85-26-10-11-38-103(85)104/h3-78H,1-2H3. The van der Waals surface area contributed by atoms with Crippen LogP contribution in [0.3, 0.4) is 0 Å². The first-order valence-corrected chi connectivity index (χ1v) is 41.7. The first-order valence-electron chi connectivity index (χ1n) is 41.7. The van der Waals surface area contributed by atoms with Crippen molar-refractivity contribution in [1.29, 1.82) is 0 Å². The number of anilines is 6. The number of nitrogens with zero attached hydrogens (tertiary/aromatic N) is 2. The van der Waals surface area contributed by atoms with E-state index in [-0.39, 0.29) is 5.41 Å². The maximum absolute atomic E-state index is 2.45. The Morgan fingerprint density at radius 2 is 0.508 bits per heavy atom. The first-order chi connectivity index (χ1) is 59.2. The summed E-state index contributed by atoms with van der Waals surface area (Å²) in [6.45, 7) is 4.82. The van der Waals surface area contributed by atoms with Crippen molar-refractivity contribution in [2.75, 3.05) is 9.80 Å². The van der Waals surface area contributed by atoms with Crippen LogP contribution in [0.15, 0.2) is 461 Å². The topological polar surface area (TPSA) is 6.48 Å². The van der Waals surface area contributed by atoms with Crippen molar-refractivity contribution in [3.8, 4) is 111 Å². The minimum absolute atomic E-state index is 0.299. The molecule has 2 atom stereocenters. The molecule has 0 fully saturated rings. The van der Waals surface area contributed by atoms with E-state index in [1.807, 2.05) is 0 Å². The van der Waals surface area contributed by atoms with E-state index in [1.165, 1.54) is 144 Å². The lowest BCUT2D eigenvalue weighted by Gasteiger charge is -2.29. The molecular weight excluding hydrogens is 1450 g/mol. The maximum Gasteiger partial charge on any atom is 0.0540 e. The minimum atomic E-state index is -0.426. The summed E-state index contributed by atoms with van der Waals surface area (Å²) >= 11 is 0. The second-order valence-corrected chi connectivity index (χ2v) is 32.5.